The lowest BCUT2D eigenvalue weighted by molar-refractivity contribution is -0.120. The summed E-state index contributed by atoms with van der Waals surface area (Å²) >= 11 is 6.03. The molecule has 5 nitrogen and oxygen atoms in total. The molecule has 0 aliphatic heterocycles. The van der Waals surface area contributed by atoms with Gasteiger partial charge in [-0.25, -0.2) is 8.42 Å². The van der Waals surface area contributed by atoms with Crippen LogP contribution in [0.2, 0.25) is 5.02 Å². The van der Waals surface area contributed by atoms with E-state index in [2.05, 4.69) is 23.5 Å². The first-order valence-electron chi connectivity index (χ1n) is 12.0. The molecule has 1 amide bonds. The molecule has 0 unspecified atom stereocenters. The van der Waals surface area contributed by atoms with E-state index in [0.29, 0.717) is 17.1 Å². The fraction of sp³-hybridized carbons (Fsp3) is 0.321. The van der Waals surface area contributed by atoms with Crippen LogP contribution in [0.3, 0.4) is 0 Å². The van der Waals surface area contributed by atoms with E-state index in [0.717, 1.165) is 28.3 Å². The Hall–Kier alpha value is -2.83. The van der Waals surface area contributed by atoms with Crippen molar-refractivity contribution in [2.75, 3.05) is 10.8 Å². The molecule has 1 N–H and O–H groups in total. The van der Waals surface area contributed by atoms with Gasteiger partial charge in [0.05, 0.1) is 16.6 Å². The summed E-state index contributed by atoms with van der Waals surface area (Å²) in [6.45, 7) is 3.58. The van der Waals surface area contributed by atoms with Crippen LogP contribution in [-0.2, 0) is 27.7 Å². The topological polar surface area (TPSA) is 66.5 Å². The molecule has 0 saturated carbocycles. The maximum Gasteiger partial charge on any atom is 0.264 e. The predicted molar refractivity (Wildman–Crippen MR) is 141 cm³/mol. The van der Waals surface area contributed by atoms with Crippen LogP contribution in [0.5, 0.6) is 0 Å². The molecule has 0 fully saturated rings. The first-order chi connectivity index (χ1) is 16.8. The summed E-state index contributed by atoms with van der Waals surface area (Å²) in [6, 6.07) is 19.3. The fourth-order valence-electron chi connectivity index (χ4n) is 4.52. The van der Waals surface area contributed by atoms with Crippen molar-refractivity contribution < 1.29 is 13.2 Å². The first-order valence-corrected chi connectivity index (χ1v) is 13.9. The van der Waals surface area contributed by atoms with Crippen molar-refractivity contribution in [2.24, 2.45) is 0 Å². The van der Waals surface area contributed by atoms with Gasteiger partial charge in [-0.2, -0.15) is 0 Å². The molecular formula is C28H31ClN2O3S. The third-order valence-corrected chi connectivity index (χ3v) is 8.57. The molecule has 3 aromatic carbocycles. The number of aryl methyl sites for hydroxylation is 3. The number of benzene rings is 3. The third-order valence-electron chi connectivity index (χ3n) is 6.53. The predicted octanol–water partition coefficient (Wildman–Crippen LogP) is 5.99. The van der Waals surface area contributed by atoms with E-state index < -0.39 is 10.0 Å². The normalized spacial score (nSPS) is 14.1. The van der Waals surface area contributed by atoms with E-state index in [1.165, 1.54) is 24.0 Å². The summed E-state index contributed by atoms with van der Waals surface area (Å²) in [6.07, 6.45) is 5.28. The van der Waals surface area contributed by atoms with Gasteiger partial charge in [0.1, 0.15) is 6.54 Å². The zero-order chi connectivity index (χ0) is 25.0. The zero-order valence-corrected chi connectivity index (χ0v) is 21.7. The number of carbonyl (C=O) groups excluding carboxylic acids is 1. The molecule has 1 aliphatic carbocycles. The van der Waals surface area contributed by atoms with Crippen molar-refractivity contribution >= 4 is 33.2 Å². The van der Waals surface area contributed by atoms with Crippen LogP contribution in [0.25, 0.3) is 0 Å². The molecule has 0 saturated heterocycles. The number of anilines is 1. The summed E-state index contributed by atoms with van der Waals surface area (Å²) in [4.78, 5) is 13.3. The van der Waals surface area contributed by atoms with Gasteiger partial charge in [0.15, 0.2) is 0 Å². The molecule has 184 valence electrons. The molecular weight excluding hydrogens is 480 g/mol. The quantitative estimate of drug-likeness (QED) is 0.404. The Morgan fingerprint density at radius 2 is 1.63 bits per heavy atom. The molecule has 35 heavy (non-hydrogen) atoms. The lowest BCUT2D eigenvalue weighted by Gasteiger charge is -2.26. The van der Waals surface area contributed by atoms with Crippen LogP contribution in [0.15, 0.2) is 71.6 Å². The largest absolute Gasteiger partial charge is 0.348 e. The van der Waals surface area contributed by atoms with Crippen LogP contribution in [0.1, 0.15) is 54.5 Å². The standard InChI is InChI=1S/C28H31ClN2O3S/c1-3-27(23-11-10-21-6-4-5-7-22(21)18-23)30-28(32)19-31(25-14-12-24(29)13-15-25)35(33,34)26-16-8-20(2)9-17-26/h8-18,27H,3-7,19H2,1-2H3,(H,30,32)/t27-/m0/s1. The number of nitrogens with zero attached hydrogens (tertiary/aromatic N) is 1. The second-order valence-corrected chi connectivity index (χ2v) is 11.4. The van der Waals surface area contributed by atoms with Crippen molar-refractivity contribution in [1.29, 1.82) is 0 Å². The Morgan fingerprint density at radius 3 is 2.29 bits per heavy atom. The minimum absolute atomic E-state index is 0.132. The second kappa shape index (κ2) is 10.8. The van der Waals surface area contributed by atoms with Gasteiger partial charge in [-0.3, -0.25) is 9.10 Å². The SMILES string of the molecule is CC[C@H](NC(=O)CN(c1ccc(Cl)cc1)S(=O)(=O)c1ccc(C)cc1)c1ccc2c(c1)CCCC2. The molecule has 7 heteroatoms. The molecule has 3 aromatic rings. The second-order valence-electron chi connectivity index (χ2n) is 9.06. The highest BCUT2D eigenvalue weighted by Crippen LogP contribution is 2.28. The number of carbonyl (C=O) groups is 1. The maximum absolute atomic E-state index is 13.6. The lowest BCUT2D eigenvalue weighted by Crippen LogP contribution is -2.42. The van der Waals surface area contributed by atoms with Crippen molar-refractivity contribution in [3.05, 3.63) is 94.0 Å². The van der Waals surface area contributed by atoms with Gasteiger partial charge in [-0.15, -0.1) is 0 Å². The van der Waals surface area contributed by atoms with E-state index in [4.69, 9.17) is 11.6 Å². The summed E-state index contributed by atoms with van der Waals surface area (Å²) in [7, 11) is -3.97. The molecule has 4 rings (SSSR count). The van der Waals surface area contributed by atoms with Crippen molar-refractivity contribution in [1.82, 2.24) is 5.32 Å². The summed E-state index contributed by atoms with van der Waals surface area (Å²) in [5.74, 6) is -0.361. The summed E-state index contributed by atoms with van der Waals surface area (Å²) in [5.41, 5.74) is 5.13. The Kier molecular flexibility index (Phi) is 7.82. The van der Waals surface area contributed by atoms with Crippen molar-refractivity contribution in [3.8, 4) is 0 Å². The first kappa shape index (κ1) is 25.3. The highest BCUT2D eigenvalue weighted by atomic mass is 35.5. The maximum atomic E-state index is 13.6. The molecule has 0 radical (unpaired) electrons. The van der Waals surface area contributed by atoms with Gasteiger partial charge < -0.3 is 5.32 Å². The highest BCUT2D eigenvalue weighted by molar-refractivity contribution is 7.92. The number of fused-ring (bicyclic) bond motifs is 1. The average Bonchev–Trinajstić information content (AvgIpc) is 2.86. The van der Waals surface area contributed by atoms with Crippen LogP contribution in [0.4, 0.5) is 5.69 Å². The number of hydrogen-bond donors (Lipinski definition) is 1. The van der Waals surface area contributed by atoms with E-state index in [1.807, 2.05) is 13.8 Å². The minimum atomic E-state index is -3.97. The lowest BCUT2D eigenvalue weighted by atomic mass is 9.89. The molecule has 0 heterocycles. The van der Waals surface area contributed by atoms with Gasteiger partial charge in [-0.1, -0.05) is 54.4 Å². The van der Waals surface area contributed by atoms with Gasteiger partial charge in [0, 0.05) is 5.02 Å². The number of rotatable bonds is 8. The Morgan fingerprint density at radius 1 is 0.971 bits per heavy atom. The molecule has 0 spiro atoms. The fourth-order valence-corrected chi connectivity index (χ4v) is 6.07. The molecule has 1 aliphatic rings. The van der Waals surface area contributed by atoms with Crippen LogP contribution < -0.4 is 9.62 Å². The monoisotopic (exact) mass is 510 g/mol. The van der Waals surface area contributed by atoms with Crippen LogP contribution >= 0.6 is 11.6 Å². The van der Waals surface area contributed by atoms with Gasteiger partial charge in [0.25, 0.3) is 10.0 Å². The summed E-state index contributed by atoms with van der Waals surface area (Å²) in [5, 5.41) is 3.55. The third kappa shape index (κ3) is 5.88. The number of nitrogens with one attached hydrogen (secondary N) is 1. The van der Waals surface area contributed by atoms with Crippen molar-refractivity contribution in [3.63, 3.8) is 0 Å². The molecule has 1 atom stereocenters. The van der Waals surface area contributed by atoms with E-state index >= 15 is 0 Å². The Labute approximate surface area is 213 Å². The number of amides is 1. The molecule has 0 bridgehead atoms. The van der Waals surface area contributed by atoms with E-state index in [9.17, 15) is 13.2 Å². The minimum Gasteiger partial charge on any atom is -0.348 e. The Bertz CT molecular complexity index is 1290. The van der Waals surface area contributed by atoms with Crippen LogP contribution in [0, 0.1) is 6.92 Å². The summed E-state index contributed by atoms with van der Waals surface area (Å²) < 4.78 is 28.3. The van der Waals surface area contributed by atoms with E-state index in [-0.39, 0.29) is 23.4 Å². The van der Waals surface area contributed by atoms with Gasteiger partial charge in [0.2, 0.25) is 5.91 Å². The Balaban J connectivity index is 1.59. The average molecular weight is 511 g/mol. The highest BCUT2D eigenvalue weighted by Gasteiger charge is 2.28. The van der Waals surface area contributed by atoms with Gasteiger partial charge in [-0.05, 0) is 92.1 Å². The van der Waals surface area contributed by atoms with Gasteiger partial charge >= 0.3 is 0 Å². The van der Waals surface area contributed by atoms with E-state index in [1.54, 1.807) is 48.5 Å². The number of sulfonamides is 1. The molecule has 0 aromatic heterocycles. The smallest absolute Gasteiger partial charge is 0.264 e. The van der Waals surface area contributed by atoms with Crippen molar-refractivity contribution in [2.45, 2.75) is 56.9 Å². The number of halogens is 1. The zero-order valence-electron chi connectivity index (χ0n) is 20.1. The van der Waals surface area contributed by atoms with Crippen LogP contribution in [-0.4, -0.2) is 20.9 Å². The number of hydrogen-bond acceptors (Lipinski definition) is 3.